The fourth-order valence-corrected chi connectivity index (χ4v) is 2.56. The van der Waals surface area contributed by atoms with E-state index in [1.807, 2.05) is 6.92 Å². The zero-order valence-electron chi connectivity index (χ0n) is 11.5. The summed E-state index contributed by atoms with van der Waals surface area (Å²) in [5.74, 6) is 0.526. The van der Waals surface area contributed by atoms with Gasteiger partial charge in [0.15, 0.2) is 0 Å². The Morgan fingerprint density at radius 1 is 1.39 bits per heavy atom. The molecule has 0 radical (unpaired) electrons. The van der Waals surface area contributed by atoms with Crippen molar-refractivity contribution >= 4 is 18.3 Å². The van der Waals surface area contributed by atoms with Crippen molar-refractivity contribution in [2.75, 3.05) is 20.3 Å². The first-order valence-electron chi connectivity index (χ1n) is 6.68. The Hall–Kier alpha value is -0.320. The molecule has 2 atom stereocenters. The van der Waals surface area contributed by atoms with Crippen molar-refractivity contribution in [2.45, 2.75) is 45.1 Å². The number of ether oxygens (including phenoxy) is 1. The summed E-state index contributed by atoms with van der Waals surface area (Å²) >= 11 is 0. The van der Waals surface area contributed by atoms with Gasteiger partial charge < -0.3 is 15.8 Å². The maximum Gasteiger partial charge on any atom is 0.225 e. The summed E-state index contributed by atoms with van der Waals surface area (Å²) in [6, 6.07) is 0.141. The highest BCUT2D eigenvalue weighted by Gasteiger charge is 2.25. The number of amides is 1. The number of nitrogens with two attached hydrogens (primary N) is 1. The van der Waals surface area contributed by atoms with Gasteiger partial charge in [0.25, 0.3) is 0 Å². The summed E-state index contributed by atoms with van der Waals surface area (Å²) < 4.78 is 4.99. The van der Waals surface area contributed by atoms with Crippen LogP contribution >= 0.6 is 12.4 Å². The Balaban J connectivity index is 0.00000289. The average molecular weight is 279 g/mol. The van der Waals surface area contributed by atoms with Crippen LogP contribution in [-0.4, -0.2) is 32.2 Å². The number of halogens is 1. The lowest BCUT2D eigenvalue weighted by Crippen LogP contribution is -2.48. The summed E-state index contributed by atoms with van der Waals surface area (Å²) in [5.41, 5.74) is 5.78. The highest BCUT2D eigenvalue weighted by molar-refractivity contribution is 5.85. The summed E-state index contributed by atoms with van der Waals surface area (Å²) in [7, 11) is 1.62. The summed E-state index contributed by atoms with van der Waals surface area (Å²) in [5, 5.41) is 3.08. The van der Waals surface area contributed by atoms with E-state index in [1.165, 1.54) is 32.1 Å². The normalized spacial score (nSPS) is 19.7. The van der Waals surface area contributed by atoms with E-state index in [-0.39, 0.29) is 30.3 Å². The second-order valence-corrected chi connectivity index (χ2v) is 5.11. The van der Waals surface area contributed by atoms with E-state index in [1.54, 1.807) is 7.11 Å². The first-order valence-corrected chi connectivity index (χ1v) is 6.68. The molecular weight excluding hydrogens is 252 g/mol. The molecule has 3 N–H and O–H groups in total. The average Bonchev–Trinajstić information content (AvgIpc) is 2.37. The third kappa shape index (κ3) is 5.55. The Morgan fingerprint density at radius 3 is 2.50 bits per heavy atom. The Labute approximate surface area is 116 Å². The molecule has 0 saturated heterocycles. The molecule has 0 bridgehead atoms. The lowest BCUT2D eigenvalue weighted by Gasteiger charge is -2.30. The van der Waals surface area contributed by atoms with Crippen molar-refractivity contribution in [3.05, 3.63) is 0 Å². The van der Waals surface area contributed by atoms with Gasteiger partial charge in [0.1, 0.15) is 0 Å². The van der Waals surface area contributed by atoms with Gasteiger partial charge in [0, 0.05) is 19.7 Å². The van der Waals surface area contributed by atoms with Crippen LogP contribution in [0.25, 0.3) is 0 Å². The molecule has 4 nitrogen and oxygen atoms in total. The molecule has 108 valence electrons. The molecule has 2 unspecified atom stereocenters. The molecule has 1 rings (SSSR count). The highest BCUT2D eigenvalue weighted by atomic mass is 35.5. The van der Waals surface area contributed by atoms with Gasteiger partial charge in [0.05, 0.1) is 12.5 Å². The van der Waals surface area contributed by atoms with E-state index in [4.69, 9.17) is 10.5 Å². The number of carbonyl (C=O) groups excluding carboxylic acids is 1. The van der Waals surface area contributed by atoms with Crippen LogP contribution in [-0.2, 0) is 9.53 Å². The lowest BCUT2D eigenvalue weighted by atomic mass is 9.83. The topological polar surface area (TPSA) is 64.3 Å². The zero-order valence-corrected chi connectivity index (χ0v) is 12.3. The largest absolute Gasteiger partial charge is 0.384 e. The molecule has 0 aliphatic heterocycles. The van der Waals surface area contributed by atoms with Crippen molar-refractivity contribution in [1.29, 1.82) is 0 Å². The second kappa shape index (κ2) is 9.59. The van der Waals surface area contributed by atoms with Crippen LogP contribution < -0.4 is 11.1 Å². The third-order valence-corrected chi connectivity index (χ3v) is 3.66. The van der Waals surface area contributed by atoms with Gasteiger partial charge in [-0.3, -0.25) is 4.79 Å². The molecule has 0 aromatic heterocycles. The lowest BCUT2D eigenvalue weighted by molar-refractivity contribution is -0.127. The minimum Gasteiger partial charge on any atom is -0.384 e. The van der Waals surface area contributed by atoms with E-state index in [2.05, 4.69) is 5.32 Å². The van der Waals surface area contributed by atoms with Crippen molar-refractivity contribution < 1.29 is 9.53 Å². The van der Waals surface area contributed by atoms with Gasteiger partial charge in [-0.05, 0) is 18.8 Å². The Morgan fingerprint density at radius 2 is 2.00 bits per heavy atom. The van der Waals surface area contributed by atoms with Gasteiger partial charge >= 0.3 is 0 Å². The van der Waals surface area contributed by atoms with Gasteiger partial charge in [-0.2, -0.15) is 0 Å². The van der Waals surface area contributed by atoms with Crippen LogP contribution in [0, 0.1) is 11.8 Å². The van der Waals surface area contributed by atoms with Crippen LogP contribution in [0.1, 0.15) is 39.0 Å². The maximum atomic E-state index is 11.9. The number of hydrogen-bond acceptors (Lipinski definition) is 3. The summed E-state index contributed by atoms with van der Waals surface area (Å²) in [4.78, 5) is 11.9. The van der Waals surface area contributed by atoms with E-state index in [0.717, 1.165) is 0 Å². The standard InChI is InChI=1S/C13H26N2O2.ClH/c1-10(9-17-2)13(16)15-12(8-14)11-6-4-3-5-7-11;/h10-12H,3-9,14H2,1-2H3,(H,15,16);1H. The van der Waals surface area contributed by atoms with Crippen LogP contribution in [0.2, 0.25) is 0 Å². The zero-order chi connectivity index (χ0) is 12.7. The molecule has 5 heteroatoms. The molecule has 1 aliphatic rings. The first-order chi connectivity index (χ1) is 8.19. The molecule has 0 aromatic carbocycles. The first kappa shape index (κ1) is 17.7. The minimum absolute atomic E-state index is 0. The summed E-state index contributed by atoms with van der Waals surface area (Å²) in [6.07, 6.45) is 6.25. The third-order valence-electron chi connectivity index (χ3n) is 3.66. The van der Waals surface area contributed by atoms with Gasteiger partial charge in [-0.15, -0.1) is 12.4 Å². The smallest absolute Gasteiger partial charge is 0.225 e. The van der Waals surface area contributed by atoms with E-state index in [9.17, 15) is 4.79 Å². The molecule has 18 heavy (non-hydrogen) atoms. The van der Waals surface area contributed by atoms with Crippen molar-refractivity contribution in [3.8, 4) is 0 Å². The van der Waals surface area contributed by atoms with Gasteiger partial charge in [0.2, 0.25) is 5.91 Å². The Kier molecular flexibility index (Phi) is 9.42. The quantitative estimate of drug-likeness (QED) is 0.777. The molecule has 1 saturated carbocycles. The number of methoxy groups -OCH3 is 1. The van der Waals surface area contributed by atoms with E-state index >= 15 is 0 Å². The predicted molar refractivity (Wildman–Crippen MR) is 75.8 cm³/mol. The van der Waals surface area contributed by atoms with Crippen LogP contribution in [0.4, 0.5) is 0 Å². The van der Waals surface area contributed by atoms with Gasteiger partial charge in [-0.1, -0.05) is 26.2 Å². The SMILES string of the molecule is COCC(C)C(=O)NC(CN)C1CCCCC1.Cl. The summed E-state index contributed by atoms with van der Waals surface area (Å²) in [6.45, 7) is 2.89. The second-order valence-electron chi connectivity index (χ2n) is 5.11. The molecule has 0 spiro atoms. The monoisotopic (exact) mass is 278 g/mol. The molecule has 1 amide bonds. The molecule has 1 fully saturated rings. The van der Waals surface area contributed by atoms with Crippen LogP contribution in [0.5, 0.6) is 0 Å². The fourth-order valence-electron chi connectivity index (χ4n) is 2.56. The Bertz CT molecular complexity index is 233. The van der Waals surface area contributed by atoms with E-state index in [0.29, 0.717) is 19.1 Å². The number of hydrogen-bond donors (Lipinski definition) is 2. The maximum absolute atomic E-state index is 11.9. The molecule has 0 aromatic rings. The van der Waals surface area contributed by atoms with Crippen molar-refractivity contribution in [2.24, 2.45) is 17.6 Å². The predicted octanol–water partition coefficient (Wildman–Crippen LogP) is 1.71. The molecular formula is C13H27ClN2O2. The molecule has 1 aliphatic carbocycles. The van der Waals surface area contributed by atoms with Crippen LogP contribution in [0.15, 0.2) is 0 Å². The van der Waals surface area contributed by atoms with Crippen molar-refractivity contribution in [1.82, 2.24) is 5.32 Å². The highest BCUT2D eigenvalue weighted by Crippen LogP contribution is 2.26. The fraction of sp³-hybridized carbons (Fsp3) is 0.923. The number of carbonyl (C=O) groups is 1. The number of nitrogens with one attached hydrogen (secondary N) is 1. The van der Waals surface area contributed by atoms with Crippen LogP contribution in [0.3, 0.4) is 0 Å². The van der Waals surface area contributed by atoms with Gasteiger partial charge in [-0.25, -0.2) is 0 Å². The number of rotatable bonds is 6. The molecule has 0 heterocycles. The van der Waals surface area contributed by atoms with Crippen molar-refractivity contribution in [3.63, 3.8) is 0 Å². The minimum atomic E-state index is -0.0994. The van der Waals surface area contributed by atoms with E-state index < -0.39 is 0 Å².